The third kappa shape index (κ3) is 2.45. The Labute approximate surface area is 139 Å². The molecule has 1 N–H and O–H groups in total. The molecule has 4 rings (SSSR count). The molecule has 4 nitrogen and oxygen atoms in total. The summed E-state index contributed by atoms with van der Waals surface area (Å²) < 4.78 is 7.19. The second kappa shape index (κ2) is 5.63. The standard InChI is InChI=1S/C18H16ClN3O/c1-23-15-8-6-14(7-9-15)22-18-16(10-11-20-18)17(21-22)12-2-4-13(19)5-3-12/h2-9,20H,10-11H2,1H3. The number of rotatable bonds is 3. The summed E-state index contributed by atoms with van der Waals surface area (Å²) in [6.45, 7) is 0.934. The van der Waals surface area contributed by atoms with Gasteiger partial charge in [0.05, 0.1) is 18.5 Å². The van der Waals surface area contributed by atoms with E-state index in [1.807, 2.05) is 53.2 Å². The van der Waals surface area contributed by atoms with Gasteiger partial charge in [0.1, 0.15) is 11.6 Å². The van der Waals surface area contributed by atoms with Gasteiger partial charge in [-0.05, 0) is 42.8 Å². The molecule has 116 valence electrons. The molecule has 0 bridgehead atoms. The summed E-state index contributed by atoms with van der Waals surface area (Å²) in [4.78, 5) is 0. The molecule has 0 atom stereocenters. The number of benzene rings is 2. The van der Waals surface area contributed by atoms with E-state index in [2.05, 4.69) is 5.32 Å². The fourth-order valence-corrected chi connectivity index (χ4v) is 3.05. The molecule has 1 aromatic heterocycles. The van der Waals surface area contributed by atoms with E-state index in [1.54, 1.807) is 7.11 Å². The summed E-state index contributed by atoms with van der Waals surface area (Å²) in [6.07, 6.45) is 0.976. The van der Waals surface area contributed by atoms with Gasteiger partial charge in [-0.25, -0.2) is 4.68 Å². The van der Waals surface area contributed by atoms with Gasteiger partial charge in [-0.15, -0.1) is 0 Å². The Bertz CT molecular complexity index is 838. The molecule has 1 aliphatic heterocycles. The van der Waals surface area contributed by atoms with Crippen LogP contribution in [0.5, 0.6) is 5.75 Å². The first-order valence-corrected chi connectivity index (χ1v) is 7.90. The van der Waals surface area contributed by atoms with E-state index in [9.17, 15) is 0 Å². The number of anilines is 1. The van der Waals surface area contributed by atoms with Crippen molar-refractivity contribution < 1.29 is 4.74 Å². The number of hydrogen-bond donors (Lipinski definition) is 1. The highest BCUT2D eigenvalue weighted by molar-refractivity contribution is 6.30. The van der Waals surface area contributed by atoms with Crippen molar-refractivity contribution in [3.05, 3.63) is 59.1 Å². The fraction of sp³-hybridized carbons (Fsp3) is 0.167. The number of methoxy groups -OCH3 is 1. The molecule has 0 saturated carbocycles. The smallest absolute Gasteiger partial charge is 0.133 e. The minimum Gasteiger partial charge on any atom is -0.497 e. The molecule has 2 heterocycles. The zero-order valence-corrected chi connectivity index (χ0v) is 13.5. The van der Waals surface area contributed by atoms with E-state index in [4.69, 9.17) is 21.4 Å². The zero-order valence-electron chi connectivity index (χ0n) is 12.7. The van der Waals surface area contributed by atoms with Crippen LogP contribution in [0.1, 0.15) is 5.56 Å². The third-order valence-electron chi connectivity index (χ3n) is 4.09. The first kappa shape index (κ1) is 14.2. The molecule has 5 heteroatoms. The number of hydrogen-bond acceptors (Lipinski definition) is 3. The van der Waals surface area contributed by atoms with Crippen LogP contribution in [0.4, 0.5) is 5.82 Å². The van der Waals surface area contributed by atoms with Gasteiger partial charge in [0, 0.05) is 22.7 Å². The topological polar surface area (TPSA) is 39.1 Å². The van der Waals surface area contributed by atoms with Crippen LogP contribution in [-0.2, 0) is 6.42 Å². The maximum atomic E-state index is 6.00. The number of fused-ring (bicyclic) bond motifs is 1. The highest BCUT2D eigenvalue weighted by Crippen LogP contribution is 2.35. The number of ether oxygens (including phenoxy) is 1. The van der Waals surface area contributed by atoms with Gasteiger partial charge in [-0.3, -0.25) is 0 Å². The summed E-state index contributed by atoms with van der Waals surface area (Å²) in [5, 5.41) is 9.00. The number of halogens is 1. The maximum absolute atomic E-state index is 6.00. The molecule has 0 amide bonds. The van der Waals surface area contributed by atoms with E-state index in [-0.39, 0.29) is 0 Å². The van der Waals surface area contributed by atoms with E-state index in [0.717, 1.165) is 46.5 Å². The van der Waals surface area contributed by atoms with Crippen molar-refractivity contribution in [1.82, 2.24) is 9.78 Å². The second-order valence-electron chi connectivity index (χ2n) is 5.47. The van der Waals surface area contributed by atoms with Gasteiger partial charge in [-0.2, -0.15) is 5.10 Å². The molecule has 0 spiro atoms. The minimum atomic E-state index is 0.734. The molecule has 0 fully saturated rings. The second-order valence-corrected chi connectivity index (χ2v) is 5.91. The van der Waals surface area contributed by atoms with Gasteiger partial charge in [0.2, 0.25) is 0 Å². The Morgan fingerprint density at radius 3 is 2.52 bits per heavy atom. The van der Waals surface area contributed by atoms with Crippen LogP contribution >= 0.6 is 11.6 Å². The molecule has 3 aromatic rings. The lowest BCUT2D eigenvalue weighted by Gasteiger charge is -2.07. The SMILES string of the molecule is COc1ccc(-n2nc(-c3ccc(Cl)cc3)c3c2NCC3)cc1. The van der Waals surface area contributed by atoms with Crippen molar-refractivity contribution in [3.8, 4) is 22.7 Å². The van der Waals surface area contributed by atoms with Gasteiger partial charge < -0.3 is 10.1 Å². The number of aromatic nitrogens is 2. The van der Waals surface area contributed by atoms with E-state index in [0.29, 0.717) is 0 Å². The van der Waals surface area contributed by atoms with Crippen LogP contribution in [0.25, 0.3) is 16.9 Å². The predicted octanol–water partition coefficient (Wildman–Crippen LogP) is 4.17. The lowest BCUT2D eigenvalue weighted by atomic mass is 10.1. The van der Waals surface area contributed by atoms with Crippen LogP contribution in [0.3, 0.4) is 0 Å². The summed E-state index contributed by atoms with van der Waals surface area (Å²) in [5.41, 5.74) is 4.36. The van der Waals surface area contributed by atoms with Crippen molar-refractivity contribution in [2.24, 2.45) is 0 Å². The first-order valence-electron chi connectivity index (χ1n) is 7.52. The largest absolute Gasteiger partial charge is 0.497 e. The third-order valence-corrected chi connectivity index (χ3v) is 4.34. The van der Waals surface area contributed by atoms with Gasteiger partial charge in [-0.1, -0.05) is 23.7 Å². The van der Waals surface area contributed by atoms with Crippen molar-refractivity contribution in [1.29, 1.82) is 0 Å². The molecule has 23 heavy (non-hydrogen) atoms. The Hall–Kier alpha value is -2.46. The zero-order chi connectivity index (χ0) is 15.8. The number of nitrogens with zero attached hydrogens (tertiary/aromatic N) is 2. The fourth-order valence-electron chi connectivity index (χ4n) is 2.92. The lowest BCUT2D eigenvalue weighted by Crippen LogP contribution is -2.04. The lowest BCUT2D eigenvalue weighted by molar-refractivity contribution is 0.414. The predicted molar refractivity (Wildman–Crippen MR) is 92.8 cm³/mol. The van der Waals surface area contributed by atoms with Crippen molar-refractivity contribution >= 4 is 17.4 Å². The molecule has 0 aliphatic carbocycles. The first-order chi connectivity index (χ1) is 11.3. The Morgan fingerprint density at radius 2 is 1.83 bits per heavy atom. The maximum Gasteiger partial charge on any atom is 0.133 e. The quantitative estimate of drug-likeness (QED) is 0.785. The van der Waals surface area contributed by atoms with Crippen molar-refractivity contribution in [2.75, 3.05) is 19.0 Å². The van der Waals surface area contributed by atoms with Gasteiger partial charge >= 0.3 is 0 Å². The van der Waals surface area contributed by atoms with Gasteiger partial charge in [0.15, 0.2) is 0 Å². The van der Waals surface area contributed by atoms with Crippen LogP contribution in [0.2, 0.25) is 5.02 Å². The Kier molecular flexibility index (Phi) is 3.46. The van der Waals surface area contributed by atoms with E-state index >= 15 is 0 Å². The van der Waals surface area contributed by atoms with E-state index < -0.39 is 0 Å². The van der Waals surface area contributed by atoms with E-state index in [1.165, 1.54) is 5.56 Å². The normalized spacial score (nSPS) is 12.8. The average molecular weight is 326 g/mol. The molecular weight excluding hydrogens is 310 g/mol. The van der Waals surface area contributed by atoms with Crippen LogP contribution < -0.4 is 10.1 Å². The summed E-state index contributed by atoms with van der Waals surface area (Å²) in [6, 6.07) is 15.7. The minimum absolute atomic E-state index is 0.734. The highest BCUT2D eigenvalue weighted by atomic mass is 35.5. The Balaban J connectivity index is 1.82. The molecule has 0 radical (unpaired) electrons. The molecule has 0 saturated heterocycles. The Morgan fingerprint density at radius 1 is 1.09 bits per heavy atom. The van der Waals surface area contributed by atoms with Crippen LogP contribution in [0, 0.1) is 0 Å². The average Bonchev–Trinajstić information content (AvgIpc) is 3.18. The molecule has 0 unspecified atom stereocenters. The van der Waals surface area contributed by atoms with Gasteiger partial charge in [0.25, 0.3) is 0 Å². The summed E-state index contributed by atoms with van der Waals surface area (Å²) in [7, 11) is 1.67. The monoisotopic (exact) mass is 325 g/mol. The summed E-state index contributed by atoms with van der Waals surface area (Å²) in [5.74, 6) is 1.91. The van der Waals surface area contributed by atoms with Crippen LogP contribution in [0.15, 0.2) is 48.5 Å². The molecule has 1 aliphatic rings. The summed E-state index contributed by atoms with van der Waals surface area (Å²) >= 11 is 6.00. The van der Waals surface area contributed by atoms with Crippen LogP contribution in [-0.4, -0.2) is 23.4 Å². The number of nitrogens with one attached hydrogen (secondary N) is 1. The van der Waals surface area contributed by atoms with Crippen molar-refractivity contribution in [2.45, 2.75) is 6.42 Å². The van der Waals surface area contributed by atoms with Crippen molar-refractivity contribution in [3.63, 3.8) is 0 Å². The highest BCUT2D eigenvalue weighted by Gasteiger charge is 2.23. The molecule has 2 aromatic carbocycles. The molecular formula is C18H16ClN3O.